The molecule has 0 aromatic carbocycles. The first-order valence-corrected chi connectivity index (χ1v) is 5.95. The second-order valence-electron chi connectivity index (χ2n) is 4.32. The third kappa shape index (κ3) is 2.49. The maximum absolute atomic E-state index is 11.9. The molecule has 2 atom stereocenters. The summed E-state index contributed by atoms with van der Waals surface area (Å²) >= 11 is 0. The van der Waals surface area contributed by atoms with E-state index in [0.29, 0.717) is 0 Å². The number of hydrogen-bond donors (Lipinski definition) is 1. The van der Waals surface area contributed by atoms with Crippen LogP contribution in [0.3, 0.4) is 0 Å². The van der Waals surface area contributed by atoms with Gasteiger partial charge >= 0.3 is 0 Å². The molecule has 15 heavy (non-hydrogen) atoms. The van der Waals surface area contributed by atoms with Crippen LogP contribution in [-0.4, -0.2) is 49.2 Å². The van der Waals surface area contributed by atoms with Crippen molar-refractivity contribution in [3.8, 4) is 0 Å². The number of amides is 1. The van der Waals surface area contributed by atoms with Gasteiger partial charge in [0.05, 0.1) is 12.1 Å². The summed E-state index contributed by atoms with van der Waals surface area (Å²) in [5.74, 6) is 0.257. The Morgan fingerprint density at radius 2 is 2.40 bits per heavy atom. The fourth-order valence-corrected chi connectivity index (χ4v) is 2.39. The minimum Gasteiger partial charge on any atom is -0.376 e. The Balaban J connectivity index is 1.81. The van der Waals surface area contributed by atoms with Gasteiger partial charge in [0, 0.05) is 19.7 Å². The standard InChI is InChI=1S/C11H20N2O2/c1-2-12-10-5-6-13(11(10)14)8-9-4-3-7-15-9/h9-10,12H,2-8H2,1H3. The Kier molecular flexibility index (Phi) is 3.59. The van der Waals surface area contributed by atoms with Crippen LogP contribution in [0.2, 0.25) is 0 Å². The predicted octanol–water partition coefficient (Wildman–Crippen LogP) is 0.376. The molecule has 1 N–H and O–H groups in total. The van der Waals surface area contributed by atoms with Gasteiger partial charge in [-0.25, -0.2) is 0 Å². The van der Waals surface area contributed by atoms with Crippen molar-refractivity contribution in [2.75, 3.05) is 26.2 Å². The SMILES string of the molecule is CCNC1CCN(CC2CCCO2)C1=O. The van der Waals surface area contributed by atoms with Crippen LogP contribution in [0.25, 0.3) is 0 Å². The summed E-state index contributed by atoms with van der Waals surface area (Å²) in [4.78, 5) is 13.8. The van der Waals surface area contributed by atoms with E-state index in [0.717, 1.165) is 45.5 Å². The maximum Gasteiger partial charge on any atom is 0.239 e. The zero-order valence-corrected chi connectivity index (χ0v) is 9.37. The van der Waals surface area contributed by atoms with Crippen LogP contribution in [0.5, 0.6) is 0 Å². The second-order valence-corrected chi connectivity index (χ2v) is 4.32. The van der Waals surface area contributed by atoms with E-state index < -0.39 is 0 Å². The fraction of sp³-hybridized carbons (Fsp3) is 0.909. The lowest BCUT2D eigenvalue weighted by Gasteiger charge is -2.20. The van der Waals surface area contributed by atoms with Crippen molar-refractivity contribution in [1.29, 1.82) is 0 Å². The van der Waals surface area contributed by atoms with Crippen LogP contribution in [0.1, 0.15) is 26.2 Å². The lowest BCUT2D eigenvalue weighted by atomic mass is 10.2. The largest absolute Gasteiger partial charge is 0.376 e. The summed E-state index contributed by atoms with van der Waals surface area (Å²) in [6.45, 7) is 5.45. The highest BCUT2D eigenvalue weighted by Gasteiger charge is 2.32. The van der Waals surface area contributed by atoms with Gasteiger partial charge in [-0.2, -0.15) is 0 Å². The first-order chi connectivity index (χ1) is 7.31. The molecule has 1 amide bonds. The number of carbonyl (C=O) groups is 1. The number of nitrogens with one attached hydrogen (secondary N) is 1. The molecule has 0 aliphatic carbocycles. The maximum atomic E-state index is 11.9. The smallest absolute Gasteiger partial charge is 0.239 e. The summed E-state index contributed by atoms with van der Waals surface area (Å²) in [7, 11) is 0. The van der Waals surface area contributed by atoms with Crippen LogP contribution in [0, 0.1) is 0 Å². The molecule has 86 valence electrons. The average molecular weight is 212 g/mol. The normalized spacial score (nSPS) is 31.5. The van der Waals surface area contributed by atoms with Crippen molar-refractivity contribution in [2.24, 2.45) is 0 Å². The highest BCUT2D eigenvalue weighted by atomic mass is 16.5. The highest BCUT2D eigenvalue weighted by Crippen LogP contribution is 2.17. The zero-order chi connectivity index (χ0) is 10.7. The lowest BCUT2D eigenvalue weighted by molar-refractivity contribution is -0.130. The minimum absolute atomic E-state index is 0.0522. The highest BCUT2D eigenvalue weighted by molar-refractivity contribution is 5.84. The van der Waals surface area contributed by atoms with Gasteiger partial charge in [0.2, 0.25) is 5.91 Å². The number of ether oxygens (including phenoxy) is 1. The molecule has 0 aromatic heterocycles. The van der Waals surface area contributed by atoms with Gasteiger partial charge in [0.15, 0.2) is 0 Å². The van der Waals surface area contributed by atoms with Gasteiger partial charge in [-0.3, -0.25) is 4.79 Å². The van der Waals surface area contributed by atoms with E-state index in [-0.39, 0.29) is 18.1 Å². The quantitative estimate of drug-likeness (QED) is 0.732. The van der Waals surface area contributed by atoms with Crippen molar-refractivity contribution in [1.82, 2.24) is 10.2 Å². The van der Waals surface area contributed by atoms with Crippen LogP contribution in [0.15, 0.2) is 0 Å². The van der Waals surface area contributed by atoms with E-state index in [4.69, 9.17) is 4.74 Å². The van der Waals surface area contributed by atoms with Crippen molar-refractivity contribution in [2.45, 2.75) is 38.3 Å². The topological polar surface area (TPSA) is 41.6 Å². The molecule has 4 nitrogen and oxygen atoms in total. The molecular formula is C11H20N2O2. The Hall–Kier alpha value is -0.610. The molecule has 4 heteroatoms. The molecule has 2 fully saturated rings. The van der Waals surface area contributed by atoms with Crippen LogP contribution in [-0.2, 0) is 9.53 Å². The molecule has 2 rings (SSSR count). The summed E-state index contributed by atoms with van der Waals surface area (Å²) in [6.07, 6.45) is 3.48. The molecule has 2 unspecified atom stereocenters. The lowest BCUT2D eigenvalue weighted by Crippen LogP contribution is -2.40. The van der Waals surface area contributed by atoms with E-state index in [9.17, 15) is 4.79 Å². The van der Waals surface area contributed by atoms with E-state index >= 15 is 0 Å². The first kappa shape index (κ1) is 10.9. The number of hydrogen-bond acceptors (Lipinski definition) is 3. The molecule has 2 aliphatic rings. The number of likely N-dealkylation sites (N-methyl/N-ethyl adjacent to an activating group) is 1. The third-order valence-corrected chi connectivity index (χ3v) is 3.20. The van der Waals surface area contributed by atoms with Gasteiger partial charge in [-0.1, -0.05) is 6.92 Å². The summed E-state index contributed by atoms with van der Waals surface area (Å²) in [6, 6.07) is 0.0522. The Morgan fingerprint density at radius 1 is 1.53 bits per heavy atom. The van der Waals surface area contributed by atoms with Crippen LogP contribution >= 0.6 is 0 Å². The van der Waals surface area contributed by atoms with E-state index in [2.05, 4.69) is 5.32 Å². The minimum atomic E-state index is 0.0522. The number of carbonyl (C=O) groups excluding carboxylic acids is 1. The molecule has 0 saturated carbocycles. The fourth-order valence-electron chi connectivity index (χ4n) is 2.39. The van der Waals surface area contributed by atoms with E-state index in [1.807, 2.05) is 11.8 Å². The van der Waals surface area contributed by atoms with E-state index in [1.54, 1.807) is 0 Å². The number of likely N-dealkylation sites (tertiary alicyclic amines) is 1. The van der Waals surface area contributed by atoms with E-state index in [1.165, 1.54) is 0 Å². The second kappa shape index (κ2) is 4.94. The summed E-state index contributed by atoms with van der Waals surface area (Å²) in [5, 5.41) is 3.22. The van der Waals surface area contributed by atoms with Gasteiger partial charge in [0.25, 0.3) is 0 Å². The Labute approximate surface area is 91.0 Å². The molecule has 2 heterocycles. The van der Waals surface area contributed by atoms with Gasteiger partial charge in [-0.05, 0) is 25.8 Å². The zero-order valence-electron chi connectivity index (χ0n) is 9.37. The summed E-state index contributed by atoms with van der Waals surface area (Å²) in [5.41, 5.74) is 0. The molecule has 2 aliphatic heterocycles. The van der Waals surface area contributed by atoms with Gasteiger partial charge in [0.1, 0.15) is 0 Å². The monoisotopic (exact) mass is 212 g/mol. The Morgan fingerprint density at radius 3 is 3.07 bits per heavy atom. The van der Waals surface area contributed by atoms with Crippen molar-refractivity contribution >= 4 is 5.91 Å². The predicted molar refractivity (Wildman–Crippen MR) is 57.6 cm³/mol. The van der Waals surface area contributed by atoms with Crippen LogP contribution in [0.4, 0.5) is 0 Å². The van der Waals surface area contributed by atoms with Crippen molar-refractivity contribution < 1.29 is 9.53 Å². The summed E-state index contributed by atoms with van der Waals surface area (Å²) < 4.78 is 5.54. The molecule has 0 bridgehead atoms. The molecule has 0 radical (unpaired) electrons. The van der Waals surface area contributed by atoms with Crippen molar-refractivity contribution in [3.05, 3.63) is 0 Å². The number of nitrogens with zero attached hydrogens (tertiary/aromatic N) is 1. The van der Waals surface area contributed by atoms with Crippen LogP contribution < -0.4 is 5.32 Å². The third-order valence-electron chi connectivity index (χ3n) is 3.20. The molecular weight excluding hydrogens is 192 g/mol. The van der Waals surface area contributed by atoms with Gasteiger partial charge in [-0.15, -0.1) is 0 Å². The molecule has 0 aromatic rings. The molecule has 2 saturated heterocycles. The van der Waals surface area contributed by atoms with Crippen molar-refractivity contribution in [3.63, 3.8) is 0 Å². The van der Waals surface area contributed by atoms with Gasteiger partial charge < -0.3 is 15.0 Å². The first-order valence-electron chi connectivity index (χ1n) is 5.95. The molecule has 0 spiro atoms. The Bertz CT molecular complexity index is 227. The number of rotatable bonds is 4. The average Bonchev–Trinajstić information content (AvgIpc) is 2.83.